The maximum atomic E-state index is 16.1. The lowest BCUT2D eigenvalue weighted by molar-refractivity contribution is -0.138. The summed E-state index contributed by atoms with van der Waals surface area (Å²) in [7, 11) is 1.38. The van der Waals surface area contributed by atoms with E-state index in [-0.39, 0.29) is 28.6 Å². The largest absolute Gasteiger partial charge is 0.508 e. The van der Waals surface area contributed by atoms with E-state index >= 15 is 4.39 Å². The predicted molar refractivity (Wildman–Crippen MR) is 189 cm³/mol. The van der Waals surface area contributed by atoms with Gasteiger partial charge < -0.3 is 31.1 Å². The van der Waals surface area contributed by atoms with Gasteiger partial charge in [-0.15, -0.1) is 0 Å². The molecular formula is C35H23Cl2F7N6O5. The van der Waals surface area contributed by atoms with Crippen LogP contribution in [0.4, 0.5) is 68.8 Å². The number of pyridine rings is 1. The molecular weight excluding hydrogens is 788 g/mol. The van der Waals surface area contributed by atoms with Crippen LogP contribution in [0.1, 0.15) is 21.6 Å². The maximum absolute atomic E-state index is 16.1. The van der Waals surface area contributed by atoms with E-state index in [4.69, 9.17) is 27.9 Å². The first kappa shape index (κ1) is 39.9. The van der Waals surface area contributed by atoms with Crippen molar-refractivity contribution in [2.45, 2.75) is 12.4 Å². The van der Waals surface area contributed by atoms with Crippen LogP contribution in [0.3, 0.4) is 0 Å². The molecule has 0 atom stereocenters. The molecule has 5 aromatic rings. The van der Waals surface area contributed by atoms with Gasteiger partial charge in [0.15, 0.2) is 5.82 Å². The summed E-state index contributed by atoms with van der Waals surface area (Å²) in [6.07, 6.45) is -8.45. The third kappa shape index (κ3) is 9.64. The second-order valence-electron chi connectivity index (χ2n) is 11.1. The first-order chi connectivity index (χ1) is 25.8. The van der Waals surface area contributed by atoms with E-state index in [1.807, 2.05) is 0 Å². The number of urea groups is 2. The molecule has 4 aromatic carbocycles. The number of halogens is 9. The zero-order valence-corrected chi connectivity index (χ0v) is 29.0. The zero-order valence-electron chi connectivity index (χ0n) is 27.5. The fourth-order valence-electron chi connectivity index (χ4n) is 4.86. The summed E-state index contributed by atoms with van der Waals surface area (Å²) in [5.74, 6) is -2.31. The Morgan fingerprint density at radius 1 is 0.727 bits per heavy atom. The molecule has 0 saturated heterocycles. The summed E-state index contributed by atoms with van der Waals surface area (Å²) in [6.45, 7) is 0. The first-order valence-electron chi connectivity index (χ1n) is 15.2. The van der Waals surface area contributed by atoms with Gasteiger partial charge in [-0.05, 0) is 66.7 Å². The summed E-state index contributed by atoms with van der Waals surface area (Å²) in [5, 5.41) is 18.2. The van der Waals surface area contributed by atoms with Crippen LogP contribution in [0.2, 0.25) is 10.0 Å². The van der Waals surface area contributed by atoms with E-state index in [0.717, 1.165) is 54.6 Å². The molecule has 5 rings (SSSR count). The van der Waals surface area contributed by atoms with Crippen LogP contribution in [0.25, 0.3) is 0 Å². The molecule has 5 amide bonds. The number of hydrogen-bond donors (Lipinski definition) is 5. The molecule has 0 bridgehead atoms. The number of phenols is 1. The highest BCUT2D eigenvalue weighted by Gasteiger charge is 2.35. The van der Waals surface area contributed by atoms with Crippen LogP contribution in [-0.2, 0) is 12.4 Å². The molecule has 0 aliphatic heterocycles. The average Bonchev–Trinajstić information content (AvgIpc) is 3.10. The molecule has 11 nitrogen and oxygen atoms in total. The van der Waals surface area contributed by atoms with E-state index in [9.17, 15) is 45.8 Å². The number of nitrogens with zero attached hydrogens (tertiary/aromatic N) is 2. The van der Waals surface area contributed by atoms with Crippen molar-refractivity contribution in [3.8, 4) is 17.2 Å². The molecule has 55 heavy (non-hydrogen) atoms. The summed E-state index contributed by atoms with van der Waals surface area (Å²) in [6, 6.07) is 11.1. The van der Waals surface area contributed by atoms with Gasteiger partial charge in [-0.3, -0.25) is 14.7 Å². The zero-order chi connectivity index (χ0) is 40.2. The lowest BCUT2D eigenvalue weighted by Crippen LogP contribution is -2.33. The van der Waals surface area contributed by atoms with Crippen LogP contribution in [0.5, 0.6) is 17.2 Å². The Morgan fingerprint density at radius 3 is 2.05 bits per heavy atom. The molecule has 1 aromatic heterocycles. The minimum atomic E-state index is -4.93. The standard InChI is InChI=1S/C35H23Cl2F7N6O5/c1-45-31(52)28-16-21(10-11-46-28)55-20-5-9-29(26(38)15-20)50(33(54)48-17-3-7-24(36)23(12-17)35(42,43)44)30-14-19(51)4-8-27(30)49-32(53)47-18-2-6-22(25(37)13-18)34(39,40)41/h2-16,51H,1H3,(H,45,52)(H,48,54)(H2,47,49,53). The summed E-state index contributed by atoms with van der Waals surface area (Å²) in [4.78, 5) is 43.5. The third-order valence-corrected chi connectivity index (χ3v) is 7.96. The molecule has 0 spiro atoms. The van der Waals surface area contributed by atoms with Crippen molar-refractivity contribution in [3.05, 3.63) is 124 Å². The Bertz CT molecular complexity index is 2290. The van der Waals surface area contributed by atoms with Crippen molar-refractivity contribution >= 4 is 69.6 Å². The smallest absolute Gasteiger partial charge is 0.417 e. The van der Waals surface area contributed by atoms with Crippen molar-refractivity contribution in [1.82, 2.24) is 10.3 Å². The normalized spacial score (nSPS) is 11.4. The Kier molecular flexibility index (Phi) is 11.6. The highest BCUT2D eigenvalue weighted by molar-refractivity contribution is 6.32. The van der Waals surface area contributed by atoms with Gasteiger partial charge in [0.25, 0.3) is 5.91 Å². The Labute approximate surface area is 315 Å². The van der Waals surface area contributed by atoms with Crippen LogP contribution < -0.4 is 30.9 Å². The van der Waals surface area contributed by atoms with Crippen LogP contribution in [0.15, 0.2) is 91.1 Å². The number of carbonyl (C=O) groups excluding carboxylic acids is 3. The van der Waals surface area contributed by atoms with Gasteiger partial charge in [0.2, 0.25) is 0 Å². The number of anilines is 5. The van der Waals surface area contributed by atoms with Crippen molar-refractivity contribution in [2.24, 2.45) is 0 Å². The summed E-state index contributed by atoms with van der Waals surface area (Å²) < 4.78 is 102. The van der Waals surface area contributed by atoms with E-state index in [1.54, 1.807) is 0 Å². The first-order valence-corrected chi connectivity index (χ1v) is 16.0. The monoisotopic (exact) mass is 810 g/mol. The Morgan fingerprint density at radius 2 is 1.40 bits per heavy atom. The molecule has 0 aliphatic rings. The van der Waals surface area contributed by atoms with Crippen molar-refractivity contribution in [2.75, 3.05) is 27.9 Å². The minimum Gasteiger partial charge on any atom is -0.508 e. The molecule has 0 aliphatic carbocycles. The van der Waals surface area contributed by atoms with Gasteiger partial charge in [-0.1, -0.05) is 23.2 Å². The highest BCUT2D eigenvalue weighted by atomic mass is 35.5. The van der Waals surface area contributed by atoms with Crippen molar-refractivity contribution in [1.29, 1.82) is 0 Å². The molecule has 0 unspecified atom stereocenters. The molecule has 286 valence electrons. The quantitative estimate of drug-likeness (QED) is 0.0779. The highest BCUT2D eigenvalue weighted by Crippen LogP contribution is 2.41. The second-order valence-corrected chi connectivity index (χ2v) is 11.9. The number of aromatic hydroxyl groups is 1. The van der Waals surface area contributed by atoms with Gasteiger partial charge in [0.05, 0.1) is 38.2 Å². The fourth-order valence-corrected chi connectivity index (χ4v) is 5.37. The SMILES string of the molecule is CNC(=O)c1cc(Oc2ccc(N(C(=O)Nc3ccc(Cl)c(C(F)(F)F)c3)c3cc(O)ccc3NC(=O)Nc3ccc(C(F)(F)F)c(Cl)c3)c(F)c2)ccn1. The number of aromatic nitrogens is 1. The molecule has 5 N–H and O–H groups in total. The number of phenolic OH excluding ortho intramolecular Hbond substituents is 1. The maximum Gasteiger partial charge on any atom is 0.417 e. The average molecular weight is 811 g/mol. The predicted octanol–water partition coefficient (Wildman–Crippen LogP) is 10.4. The number of nitrogens with one attached hydrogen (secondary N) is 4. The molecule has 0 fully saturated rings. The summed E-state index contributed by atoms with van der Waals surface area (Å²) >= 11 is 11.5. The third-order valence-electron chi connectivity index (χ3n) is 7.32. The number of benzene rings is 4. The molecule has 0 saturated carbocycles. The van der Waals surface area contributed by atoms with E-state index < -0.39 is 80.1 Å². The van der Waals surface area contributed by atoms with Gasteiger partial charge in [0, 0.05) is 42.8 Å². The van der Waals surface area contributed by atoms with Crippen molar-refractivity contribution in [3.63, 3.8) is 0 Å². The second kappa shape index (κ2) is 16.0. The molecule has 1 heterocycles. The Hall–Kier alpha value is -6.27. The lowest BCUT2D eigenvalue weighted by atomic mass is 10.1. The molecule has 0 radical (unpaired) electrons. The number of carbonyl (C=O) groups is 3. The van der Waals surface area contributed by atoms with Crippen LogP contribution in [-0.4, -0.2) is 35.1 Å². The Balaban J connectivity index is 1.53. The van der Waals surface area contributed by atoms with Crippen LogP contribution in [0, 0.1) is 5.82 Å². The van der Waals surface area contributed by atoms with E-state index in [1.165, 1.54) is 31.4 Å². The lowest BCUT2D eigenvalue weighted by Gasteiger charge is -2.27. The number of alkyl halides is 6. The fraction of sp³-hybridized carbons (Fsp3) is 0.0857. The van der Waals surface area contributed by atoms with E-state index in [2.05, 4.69) is 26.3 Å². The van der Waals surface area contributed by atoms with Gasteiger partial charge >= 0.3 is 24.4 Å². The van der Waals surface area contributed by atoms with Gasteiger partial charge in [-0.2, -0.15) is 26.3 Å². The topological polar surface area (TPSA) is 145 Å². The molecule has 20 heteroatoms. The number of ether oxygens (including phenoxy) is 1. The van der Waals surface area contributed by atoms with Crippen LogP contribution >= 0.6 is 23.2 Å². The summed E-state index contributed by atoms with van der Waals surface area (Å²) in [5.41, 5.74) is -4.46. The number of rotatable bonds is 8. The van der Waals surface area contributed by atoms with E-state index in [0.29, 0.717) is 17.0 Å². The van der Waals surface area contributed by atoms with Gasteiger partial charge in [0.1, 0.15) is 22.9 Å². The number of amides is 5. The number of hydrogen-bond acceptors (Lipinski definition) is 6. The van der Waals surface area contributed by atoms with Gasteiger partial charge in [-0.25, -0.2) is 14.0 Å². The minimum absolute atomic E-state index is 0.0230. The van der Waals surface area contributed by atoms with Crippen molar-refractivity contribution < 1.29 is 55.0 Å².